The maximum Gasteiger partial charge on any atom is 0.459 e. The molecule has 2 nitrogen and oxygen atoms in total. The summed E-state index contributed by atoms with van der Waals surface area (Å²) in [6.45, 7) is 0. The highest BCUT2D eigenvalue weighted by atomic mass is 19.4. The maximum absolute atomic E-state index is 13.4. The van der Waals surface area contributed by atoms with Gasteiger partial charge in [-0.1, -0.05) is 12.8 Å². The predicted molar refractivity (Wildman–Crippen MR) is 52.1 cm³/mol. The van der Waals surface area contributed by atoms with Crippen LogP contribution in [0.3, 0.4) is 0 Å². The molecule has 0 spiro atoms. The smallest absolute Gasteiger partial charge is 0.292 e. The Morgan fingerprint density at radius 1 is 0.737 bits per heavy atom. The fourth-order valence-corrected chi connectivity index (χ4v) is 2.59. The van der Waals surface area contributed by atoms with Crippen molar-refractivity contribution in [2.24, 2.45) is 0 Å². The molecule has 1 aliphatic heterocycles. The van der Waals surface area contributed by atoms with E-state index in [0.29, 0.717) is 12.8 Å². The number of hydrogen-bond donors (Lipinski definition) is 2. The van der Waals surface area contributed by atoms with Crippen LogP contribution in [0, 0.1) is 0 Å². The summed E-state index contributed by atoms with van der Waals surface area (Å²) < 4.78 is 88.9. The van der Waals surface area contributed by atoms with E-state index in [1.165, 1.54) is 0 Å². The summed E-state index contributed by atoms with van der Waals surface area (Å²) in [5.74, 6) is -11.3. The van der Waals surface area contributed by atoms with Crippen molar-refractivity contribution in [2.75, 3.05) is 0 Å². The molecule has 2 unspecified atom stereocenters. The standard InChI is InChI=1S/C10H13F7N2/c11-8(12,9(13,14)10(15,16)17)7-18-5-3-1-2-4-6(5)19-7/h5-7,18-19H,1-4H2. The van der Waals surface area contributed by atoms with Gasteiger partial charge in [-0.2, -0.15) is 30.7 Å². The number of rotatable bonds is 2. The van der Waals surface area contributed by atoms with Gasteiger partial charge >= 0.3 is 18.0 Å². The predicted octanol–water partition coefficient (Wildman–Crippen LogP) is 2.65. The second-order valence-electron chi connectivity index (χ2n) is 4.96. The monoisotopic (exact) mass is 294 g/mol. The van der Waals surface area contributed by atoms with Crippen LogP contribution in [-0.4, -0.2) is 36.3 Å². The van der Waals surface area contributed by atoms with Crippen LogP contribution in [0.1, 0.15) is 25.7 Å². The van der Waals surface area contributed by atoms with E-state index < -0.39 is 36.3 Å². The number of nitrogens with one attached hydrogen (secondary N) is 2. The molecule has 1 aliphatic carbocycles. The fourth-order valence-electron chi connectivity index (χ4n) is 2.59. The van der Waals surface area contributed by atoms with Gasteiger partial charge in [0, 0.05) is 12.1 Å². The average Bonchev–Trinajstić information content (AvgIpc) is 2.71. The Labute approximate surface area is 104 Å². The fraction of sp³-hybridized carbons (Fsp3) is 1.00. The van der Waals surface area contributed by atoms with E-state index in [0.717, 1.165) is 12.8 Å². The molecule has 2 fully saturated rings. The molecule has 2 N–H and O–H groups in total. The first-order chi connectivity index (χ1) is 8.57. The van der Waals surface area contributed by atoms with E-state index in [2.05, 4.69) is 10.6 Å². The first-order valence-electron chi connectivity index (χ1n) is 5.92. The second kappa shape index (κ2) is 4.47. The third-order valence-corrected chi connectivity index (χ3v) is 3.66. The normalized spacial score (nSPS) is 33.3. The van der Waals surface area contributed by atoms with E-state index >= 15 is 0 Å². The molecule has 0 aromatic rings. The first kappa shape index (κ1) is 14.8. The van der Waals surface area contributed by atoms with Gasteiger partial charge in [0.25, 0.3) is 0 Å². The molecule has 1 saturated heterocycles. The molecule has 0 bridgehead atoms. The summed E-state index contributed by atoms with van der Waals surface area (Å²) in [4.78, 5) is 0. The van der Waals surface area contributed by atoms with Gasteiger partial charge in [-0.05, 0) is 12.8 Å². The van der Waals surface area contributed by atoms with E-state index in [9.17, 15) is 30.7 Å². The zero-order chi connectivity index (χ0) is 14.5. The number of halogens is 7. The van der Waals surface area contributed by atoms with Crippen molar-refractivity contribution in [1.29, 1.82) is 0 Å². The molecule has 0 aromatic heterocycles. The Balaban J connectivity index is 2.17. The minimum Gasteiger partial charge on any atom is -0.292 e. The summed E-state index contributed by atoms with van der Waals surface area (Å²) in [5, 5.41) is 4.34. The molecule has 2 aliphatic rings. The van der Waals surface area contributed by atoms with Crippen LogP contribution in [0.5, 0.6) is 0 Å². The highest BCUT2D eigenvalue weighted by Gasteiger charge is 2.76. The van der Waals surface area contributed by atoms with Crippen LogP contribution in [0.2, 0.25) is 0 Å². The molecule has 0 amide bonds. The van der Waals surface area contributed by atoms with Crippen LogP contribution in [0.4, 0.5) is 30.7 Å². The molecule has 1 heterocycles. The van der Waals surface area contributed by atoms with Crippen LogP contribution < -0.4 is 10.6 Å². The van der Waals surface area contributed by atoms with Crippen molar-refractivity contribution in [3.63, 3.8) is 0 Å². The van der Waals surface area contributed by atoms with Crippen molar-refractivity contribution < 1.29 is 30.7 Å². The van der Waals surface area contributed by atoms with Crippen molar-refractivity contribution in [3.8, 4) is 0 Å². The molecule has 2 atom stereocenters. The van der Waals surface area contributed by atoms with Crippen LogP contribution >= 0.6 is 0 Å². The Morgan fingerprint density at radius 2 is 1.16 bits per heavy atom. The molecule has 0 aromatic carbocycles. The van der Waals surface area contributed by atoms with Gasteiger partial charge in [0.2, 0.25) is 0 Å². The van der Waals surface area contributed by atoms with Crippen LogP contribution in [0.15, 0.2) is 0 Å². The number of alkyl halides is 7. The first-order valence-corrected chi connectivity index (χ1v) is 5.92. The summed E-state index contributed by atoms with van der Waals surface area (Å²) in [5.41, 5.74) is 0. The molecule has 1 saturated carbocycles. The van der Waals surface area contributed by atoms with Gasteiger partial charge in [0.15, 0.2) is 0 Å². The maximum atomic E-state index is 13.4. The second-order valence-corrected chi connectivity index (χ2v) is 4.96. The van der Waals surface area contributed by atoms with Crippen molar-refractivity contribution in [3.05, 3.63) is 0 Å². The lowest BCUT2D eigenvalue weighted by Crippen LogP contribution is -2.63. The van der Waals surface area contributed by atoms with Crippen LogP contribution in [-0.2, 0) is 0 Å². The summed E-state index contributed by atoms with van der Waals surface area (Å²) in [6.07, 6.45) is -6.19. The summed E-state index contributed by atoms with van der Waals surface area (Å²) in [7, 11) is 0. The van der Waals surface area contributed by atoms with Gasteiger partial charge in [0.1, 0.15) is 6.17 Å². The average molecular weight is 294 g/mol. The lowest BCUT2D eigenvalue weighted by atomic mass is 9.92. The minimum atomic E-state index is -6.28. The lowest BCUT2D eigenvalue weighted by Gasteiger charge is -2.32. The van der Waals surface area contributed by atoms with E-state index in [4.69, 9.17) is 0 Å². The molecular weight excluding hydrogens is 281 g/mol. The Bertz CT molecular complexity index is 327. The third-order valence-electron chi connectivity index (χ3n) is 3.66. The Hall–Kier alpha value is -0.570. The summed E-state index contributed by atoms with van der Waals surface area (Å²) in [6, 6.07) is -0.956. The quantitative estimate of drug-likeness (QED) is 0.765. The van der Waals surface area contributed by atoms with Crippen LogP contribution in [0.25, 0.3) is 0 Å². The molecule has 0 radical (unpaired) electrons. The lowest BCUT2D eigenvalue weighted by molar-refractivity contribution is -0.360. The van der Waals surface area contributed by atoms with E-state index in [-0.39, 0.29) is 0 Å². The van der Waals surface area contributed by atoms with Gasteiger partial charge in [-0.25, -0.2) is 0 Å². The third kappa shape index (κ3) is 2.31. The number of fused-ring (bicyclic) bond motifs is 1. The number of hydrogen-bond acceptors (Lipinski definition) is 2. The molecule has 112 valence electrons. The SMILES string of the molecule is FC(F)(F)C(F)(F)C(F)(F)C1NC2CCCCC2N1. The van der Waals surface area contributed by atoms with Gasteiger partial charge < -0.3 is 0 Å². The highest BCUT2D eigenvalue weighted by molar-refractivity contribution is 5.05. The van der Waals surface area contributed by atoms with Gasteiger partial charge in [0.05, 0.1) is 0 Å². The Morgan fingerprint density at radius 3 is 1.53 bits per heavy atom. The van der Waals surface area contributed by atoms with E-state index in [1.54, 1.807) is 0 Å². The van der Waals surface area contributed by atoms with Crippen molar-refractivity contribution in [1.82, 2.24) is 10.6 Å². The molecule has 2 rings (SSSR count). The van der Waals surface area contributed by atoms with Crippen molar-refractivity contribution in [2.45, 2.75) is 62.0 Å². The largest absolute Gasteiger partial charge is 0.459 e. The van der Waals surface area contributed by atoms with E-state index in [1.807, 2.05) is 0 Å². The topological polar surface area (TPSA) is 24.1 Å². The zero-order valence-corrected chi connectivity index (χ0v) is 9.71. The van der Waals surface area contributed by atoms with Gasteiger partial charge in [-0.3, -0.25) is 10.6 Å². The molecule has 19 heavy (non-hydrogen) atoms. The van der Waals surface area contributed by atoms with Crippen molar-refractivity contribution >= 4 is 0 Å². The minimum absolute atomic E-state index is 0.478. The molecule has 9 heteroatoms. The van der Waals surface area contributed by atoms with Gasteiger partial charge in [-0.15, -0.1) is 0 Å². The zero-order valence-electron chi connectivity index (χ0n) is 9.71. The molecular formula is C10H13F7N2. The summed E-state index contributed by atoms with van der Waals surface area (Å²) >= 11 is 0. The highest BCUT2D eigenvalue weighted by Crippen LogP contribution is 2.48. The Kier molecular flexibility index (Phi) is 3.49.